The number of rotatable bonds is 6. The fourth-order valence-electron chi connectivity index (χ4n) is 3.14. The molecular weight excluding hydrogens is 376 g/mol. The fourth-order valence-corrected chi connectivity index (χ4v) is 3.14. The highest BCUT2D eigenvalue weighted by atomic mass is 16.6. The standard InChI is InChI=1S/C21H30N2O6/c1-21(2,3)29-20(27)23-11-9-15(10-12-23)13-17(18(24)25)22-19(26)28-14-16-7-5-4-6-8-16/h4-8,15,17H,9-14H2,1-3H3,(H,22,26)(H,24,25)/t17-/m0/s1. The lowest BCUT2D eigenvalue weighted by Crippen LogP contribution is -2.45. The van der Waals surface area contributed by atoms with Gasteiger partial charge in [-0.15, -0.1) is 0 Å². The van der Waals surface area contributed by atoms with Crippen LogP contribution in [0.3, 0.4) is 0 Å². The molecule has 8 heteroatoms. The molecule has 0 spiro atoms. The molecule has 1 atom stereocenters. The van der Waals surface area contributed by atoms with Crippen LogP contribution in [-0.2, 0) is 20.9 Å². The van der Waals surface area contributed by atoms with Gasteiger partial charge in [0.15, 0.2) is 0 Å². The molecule has 1 aliphatic rings. The van der Waals surface area contributed by atoms with E-state index in [1.807, 2.05) is 51.1 Å². The van der Waals surface area contributed by atoms with Gasteiger partial charge in [-0.25, -0.2) is 14.4 Å². The van der Waals surface area contributed by atoms with Crippen LogP contribution >= 0.6 is 0 Å². The lowest BCUT2D eigenvalue weighted by atomic mass is 9.90. The van der Waals surface area contributed by atoms with Crippen molar-refractivity contribution in [1.82, 2.24) is 10.2 Å². The van der Waals surface area contributed by atoms with Gasteiger partial charge in [0, 0.05) is 13.1 Å². The van der Waals surface area contributed by atoms with Crippen molar-refractivity contribution in [1.29, 1.82) is 0 Å². The van der Waals surface area contributed by atoms with Crippen molar-refractivity contribution in [2.75, 3.05) is 13.1 Å². The second-order valence-electron chi connectivity index (χ2n) is 8.24. The zero-order chi connectivity index (χ0) is 21.4. The van der Waals surface area contributed by atoms with Gasteiger partial charge in [0.2, 0.25) is 0 Å². The molecule has 0 bridgehead atoms. The van der Waals surface area contributed by atoms with E-state index in [-0.39, 0.29) is 25.0 Å². The molecule has 0 aromatic heterocycles. The SMILES string of the molecule is CC(C)(C)OC(=O)N1CCC(C[C@H](NC(=O)OCc2ccccc2)C(=O)O)CC1. The monoisotopic (exact) mass is 406 g/mol. The van der Waals surface area contributed by atoms with E-state index in [4.69, 9.17) is 9.47 Å². The number of carboxylic acids is 1. The van der Waals surface area contributed by atoms with Crippen molar-refractivity contribution < 1.29 is 29.0 Å². The Balaban J connectivity index is 1.78. The van der Waals surface area contributed by atoms with E-state index in [9.17, 15) is 19.5 Å². The lowest BCUT2D eigenvalue weighted by molar-refractivity contribution is -0.140. The minimum Gasteiger partial charge on any atom is -0.480 e. The molecule has 1 aromatic carbocycles. The Bertz CT molecular complexity index is 693. The van der Waals surface area contributed by atoms with Gasteiger partial charge < -0.3 is 24.8 Å². The third kappa shape index (κ3) is 8.01. The number of amides is 2. The van der Waals surface area contributed by atoms with Crippen LogP contribution in [0, 0.1) is 5.92 Å². The largest absolute Gasteiger partial charge is 0.480 e. The Morgan fingerprint density at radius 3 is 2.34 bits per heavy atom. The van der Waals surface area contributed by atoms with Crippen LogP contribution in [0.15, 0.2) is 30.3 Å². The van der Waals surface area contributed by atoms with Crippen molar-refractivity contribution in [3.8, 4) is 0 Å². The van der Waals surface area contributed by atoms with Crippen molar-refractivity contribution >= 4 is 18.2 Å². The number of benzene rings is 1. The molecule has 29 heavy (non-hydrogen) atoms. The minimum atomic E-state index is -1.10. The number of alkyl carbamates (subject to hydrolysis) is 1. The molecule has 2 amide bonds. The maximum atomic E-state index is 12.1. The highest BCUT2D eigenvalue weighted by molar-refractivity contribution is 5.79. The summed E-state index contributed by atoms with van der Waals surface area (Å²) in [6, 6.07) is 8.14. The second-order valence-corrected chi connectivity index (χ2v) is 8.24. The summed E-state index contributed by atoms with van der Waals surface area (Å²) in [7, 11) is 0. The molecule has 0 aliphatic carbocycles. The molecule has 0 unspecified atom stereocenters. The highest BCUT2D eigenvalue weighted by Gasteiger charge is 2.30. The summed E-state index contributed by atoms with van der Waals surface area (Å²) in [5.74, 6) is -1.01. The number of aliphatic carboxylic acids is 1. The van der Waals surface area contributed by atoms with Crippen LogP contribution in [0.25, 0.3) is 0 Å². The van der Waals surface area contributed by atoms with Crippen LogP contribution in [0.4, 0.5) is 9.59 Å². The van der Waals surface area contributed by atoms with Gasteiger partial charge in [-0.1, -0.05) is 30.3 Å². The van der Waals surface area contributed by atoms with Gasteiger partial charge in [-0.2, -0.15) is 0 Å². The first-order valence-electron chi connectivity index (χ1n) is 9.82. The number of hydrogen-bond donors (Lipinski definition) is 2. The zero-order valence-electron chi connectivity index (χ0n) is 17.2. The molecule has 1 heterocycles. The van der Waals surface area contributed by atoms with Crippen LogP contribution in [0.2, 0.25) is 0 Å². The topological polar surface area (TPSA) is 105 Å². The Hall–Kier alpha value is -2.77. The highest BCUT2D eigenvalue weighted by Crippen LogP contribution is 2.23. The number of nitrogens with zero attached hydrogens (tertiary/aromatic N) is 1. The molecule has 1 fully saturated rings. The van der Waals surface area contributed by atoms with Crippen molar-refractivity contribution in [2.45, 2.75) is 58.3 Å². The zero-order valence-corrected chi connectivity index (χ0v) is 17.2. The van der Waals surface area contributed by atoms with Crippen molar-refractivity contribution in [2.24, 2.45) is 5.92 Å². The third-order valence-corrected chi connectivity index (χ3v) is 4.64. The Labute approximate surface area is 171 Å². The smallest absolute Gasteiger partial charge is 0.410 e. The summed E-state index contributed by atoms with van der Waals surface area (Å²) in [4.78, 5) is 37.3. The molecule has 160 valence electrons. The van der Waals surface area contributed by atoms with Crippen LogP contribution in [0.5, 0.6) is 0 Å². The first kappa shape index (κ1) is 22.5. The van der Waals surface area contributed by atoms with E-state index in [0.717, 1.165) is 5.56 Å². The molecule has 1 aliphatic heterocycles. The quantitative estimate of drug-likeness (QED) is 0.750. The Kier molecular flexibility index (Phi) is 7.87. The summed E-state index contributed by atoms with van der Waals surface area (Å²) >= 11 is 0. The first-order valence-corrected chi connectivity index (χ1v) is 9.82. The van der Waals surface area contributed by atoms with Crippen molar-refractivity contribution in [3.05, 3.63) is 35.9 Å². The van der Waals surface area contributed by atoms with E-state index >= 15 is 0 Å². The number of carbonyl (C=O) groups excluding carboxylic acids is 2. The van der Waals surface area contributed by atoms with E-state index < -0.39 is 23.7 Å². The number of ether oxygens (including phenoxy) is 2. The maximum Gasteiger partial charge on any atom is 0.410 e. The predicted molar refractivity (Wildman–Crippen MR) is 106 cm³/mol. The number of carboxylic acid groups (broad SMARTS) is 1. The summed E-state index contributed by atoms with van der Waals surface area (Å²) in [5, 5.41) is 11.9. The molecule has 2 rings (SSSR count). The summed E-state index contributed by atoms with van der Waals surface area (Å²) < 4.78 is 10.5. The normalized spacial score (nSPS) is 16.0. The number of hydrogen-bond acceptors (Lipinski definition) is 5. The van der Waals surface area contributed by atoms with Crippen LogP contribution in [-0.4, -0.2) is 52.9 Å². The van der Waals surface area contributed by atoms with Gasteiger partial charge in [0.05, 0.1) is 0 Å². The van der Waals surface area contributed by atoms with Crippen molar-refractivity contribution in [3.63, 3.8) is 0 Å². The predicted octanol–water partition coefficient (Wildman–Crippen LogP) is 3.40. The van der Waals surface area contributed by atoms with Gasteiger partial charge in [0.25, 0.3) is 0 Å². The average Bonchev–Trinajstić information content (AvgIpc) is 2.66. The molecule has 0 radical (unpaired) electrons. The van der Waals surface area contributed by atoms with Crippen LogP contribution in [0.1, 0.15) is 45.6 Å². The molecule has 2 N–H and O–H groups in total. The summed E-state index contributed by atoms with van der Waals surface area (Å²) in [6.07, 6.45) is 0.492. The van der Waals surface area contributed by atoms with Crippen LogP contribution < -0.4 is 5.32 Å². The van der Waals surface area contributed by atoms with E-state index in [2.05, 4.69) is 5.32 Å². The molecule has 1 saturated heterocycles. The third-order valence-electron chi connectivity index (χ3n) is 4.64. The second kappa shape index (κ2) is 10.1. The van der Waals surface area contributed by atoms with E-state index in [0.29, 0.717) is 25.9 Å². The number of nitrogens with one attached hydrogen (secondary N) is 1. The van der Waals surface area contributed by atoms with E-state index in [1.165, 1.54) is 0 Å². The number of carbonyl (C=O) groups is 3. The maximum absolute atomic E-state index is 12.1. The Morgan fingerprint density at radius 1 is 1.17 bits per heavy atom. The van der Waals surface area contributed by atoms with Gasteiger partial charge in [-0.3, -0.25) is 0 Å². The molecular formula is C21H30N2O6. The fraction of sp³-hybridized carbons (Fsp3) is 0.571. The lowest BCUT2D eigenvalue weighted by Gasteiger charge is -2.34. The first-order chi connectivity index (χ1) is 13.6. The van der Waals surface area contributed by atoms with Gasteiger partial charge in [0.1, 0.15) is 18.2 Å². The Morgan fingerprint density at radius 2 is 1.79 bits per heavy atom. The van der Waals surface area contributed by atoms with Gasteiger partial charge >= 0.3 is 18.2 Å². The summed E-state index contributed by atoms with van der Waals surface area (Å²) in [6.45, 7) is 6.54. The van der Waals surface area contributed by atoms with E-state index in [1.54, 1.807) is 4.90 Å². The molecule has 0 saturated carbocycles. The summed E-state index contributed by atoms with van der Waals surface area (Å²) in [5.41, 5.74) is 0.274. The van der Waals surface area contributed by atoms with Gasteiger partial charge in [-0.05, 0) is 51.5 Å². The molecule has 8 nitrogen and oxygen atoms in total. The minimum absolute atomic E-state index is 0.0767. The number of likely N-dealkylation sites (tertiary alicyclic amines) is 1. The number of piperidine rings is 1. The average molecular weight is 406 g/mol. The molecule has 1 aromatic rings.